The van der Waals surface area contributed by atoms with Crippen LogP contribution in [-0.2, 0) is 0 Å². The Morgan fingerprint density at radius 1 is 1.33 bits per heavy atom. The molecule has 0 radical (unpaired) electrons. The maximum atomic E-state index is 4.11. The van der Waals surface area contributed by atoms with E-state index >= 15 is 0 Å². The van der Waals surface area contributed by atoms with E-state index in [0.717, 1.165) is 11.4 Å². The zero-order valence-corrected chi connectivity index (χ0v) is 10.3. The second kappa shape index (κ2) is 4.14. The highest BCUT2D eigenvalue weighted by Gasteiger charge is 2.08. The molecule has 3 nitrogen and oxygen atoms in total. The van der Waals surface area contributed by atoms with Gasteiger partial charge in [-0.05, 0) is 25.5 Å². The molecule has 78 valence electrons. The van der Waals surface area contributed by atoms with Gasteiger partial charge < -0.3 is 0 Å². The maximum absolute atomic E-state index is 4.11. The van der Waals surface area contributed by atoms with Gasteiger partial charge in [-0.1, -0.05) is 39.3 Å². The molecule has 0 aliphatic heterocycles. The Kier molecular flexibility index (Phi) is 2.86. The highest BCUT2D eigenvalue weighted by molar-refractivity contribution is 9.09. The Bertz CT molecular complexity index is 462. The van der Waals surface area contributed by atoms with Crippen molar-refractivity contribution in [2.45, 2.75) is 18.7 Å². The summed E-state index contributed by atoms with van der Waals surface area (Å²) in [5, 5.41) is 8.20. The minimum Gasteiger partial charge on any atom is -0.220 e. The van der Waals surface area contributed by atoms with Gasteiger partial charge in [0, 0.05) is 0 Å². The summed E-state index contributed by atoms with van der Waals surface area (Å²) in [5.41, 5.74) is 3.21. The van der Waals surface area contributed by atoms with E-state index in [9.17, 15) is 0 Å². The third-order valence-electron chi connectivity index (χ3n) is 2.28. The number of aromatic nitrogens is 3. The van der Waals surface area contributed by atoms with Crippen LogP contribution in [0.2, 0.25) is 0 Å². The fraction of sp³-hybridized carbons (Fsp3) is 0.273. The summed E-state index contributed by atoms with van der Waals surface area (Å²) in [6.07, 6.45) is 1.95. The zero-order chi connectivity index (χ0) is 10.8. The van der Waals surface area contributed by atoms with E-state index in [1.165, 1.54) is 5.56 Å². The molecule has 0 saturated heterocycles. The number of hydrogen-bond acceptors (Lipinski definition) is 2. The van der Waals surface area contributed by atoms with Gasteiger partial charge in [-0.3, -0.25) is 0 Å². The summed E-state index contributed by atoms with van der Waals surface area (Å²) >= 11 is 3.47. The van der Waals surface area contributed by atoms with Crippen LogP contribution >= 0.6 is 15.9 Å². The molecular formula is C11H12BrN3. The molecule has 0 aliphatic carbocycles. The van der Waals surface area contributed by atoms with Gasteiger partial charge in [0.1, 0.15) is 0 Å². The van der Waals surface area contributed by atoms with Crippen LogP contribution < -0.4 is 0 Å². The Morgan fingerprint density at radius 2 is 2.07 bits per heavy atom. The largest absolute Gasteiger partial charge is 0.220 e. The fourth-order valence-corrected chi connectivity index (χ4v) is 1.61. The van der Waals surface area contributed by atoms with E-state index in [0.29, 0.717) is 0 Å². The summed E-state index contributed by atoms with van der Waals surface area (Å²) in [6.45, 7) is 4.10. The number of benzene rings is 1. The van der Waals surface area contributed by atoms with Crippen LogP contribution in [-0.4, -0.2) is 15.0 Å². The third-order valence-corrected chi connectivity index (χ3v) is 2.75. The van der Waals surface area contributed by atoms with Crippen molar-refractivity contribution in [1.82, 2.24) is 15.0 Å². The lowest BCUT2D eigenvalue weighted by Crippen LogP contribution is -1.97. The van der Waals surface area contributed by atoms with Crippen molar-refractivity contribution in [3.63, 3.8) is 0 Å². The first-order chi connectivity index (χ1) is 7.18. The Labute approximate surface area is 97.2 Å². The first-order valence-corrected chi connectivity index (χ1v) is 5.72. The van der Waals surface area contributed by atoms with Crippen molar-refractivity contribution < 1.29 is 0 Å². The third kappa shape index (κ3) is 2.09. The standard InChI is InChI=1S/C11H12BrN3/c1-8-5-3-4-6-11(8)15-7-10(9(2)12)13-14-15/h3-7,9H,1-2H3. The molecule has 1 aromatic carbocycles. The molecule has 2 aromatic rings. The summed E-state index contributed by atoms with van der Waals surface area (Å²) in [7, 11) is 0. The van der Waals surface area contributed by atoms with Crippen molar-refractivity contribution >= 4 is 15.9 Å². The molecule has 0 saturated carbocycles. The first kappa shape index (κ1) is 10.4. The molecule has 0 amide bonds. The molecule has 0 aliphatic rings. The van der Waals surface area contributed by atoms with Gasteiger partial charge in [0.2, 0.25) is 0 Å². The molecule has 15 heavy (non-hydrogen) atoms. The normalized spacial score (nSPS) is 12.7. The maximum Gasteiger partial charge on any atom is 0.0965 e. The van der Waals surface area contributed by atoms with Crippen LogP contribution in [0.5, 0.6) is 0 Å². The predicted octanol–water partition coefficient (Wildman–Crippen LogP) is 3.03. The van der Waals surface area contributed by atoms with Gasteiger partial charge in [-0.2, -0.15) is 0 Å². The van der Waals surface area contributed by atoms with Gasteiger partial charge in [0.15, 0.2) is 0 Å². The summed E-state index contributed by atoms with van der Waals surface area (Å²) < 4.78 is 1.81. The van der Waals surface area contributed by atoms with Crippen molar-refractivity contribution in [3.05, 3.63) is 41.7 Å². The average Bonchev–Trinajstić information content (AvgIpc) is 2.67. The molecule has 0 N–H and O–H groups in total. The highest BCUT2D eigenvalue weighted by atomic mass is 79.9. The Balaban J connectivity index is 2.42. The van der Waals surface area contributed by atoms with E-state index in [1.54, 1.807) is 0 Å². The van der Waals surface area contributed by atoms with Gasteiger partial charge in [0.25, 0.3) is 0 Å². The SMILES string of the molecule is Cc1ccccc1-n1cc(C(C)Br)nn1. The fourth-order valence-electron chi connectivity index (χ4n) is 1.40. The number of para-hydroxylation sites is 1. The molecule has 4 heteroatoms. The highest BCUT2D eigenvalue weighted by Crippen LogP contribution is 2.20. The average molecular weight is 266 g/mol. The van der Waals surface area contributed by atoms with E-state index in [-0.39, 0.29) is 4.83 Å². The molecule has 2 rings (SSSR count). The lowest BCUT2D eigenvalue weighted by molar-refractivity contribution is 0.793. The van der Waals surface area contributed by atoms with Crippen molar-refractivity contribution in [3.8, 4) is 5.69 Å². The van der Waals surface area contributed by atoms with Gasteiger partial charge in [-0.25, -0.2) is 4.68 Å². The topological polar surface area (TPSA) is 30.7 Å². The summed E-state index contributed by atoms with van der Waals surface area (Å²) in [6, 6.07) is 8.12. The monoisotopic (exact) mass is 265 g/mol. The van der Waals surface area contributed by atoms with Crippen molar-refractivity contribution in [2.24, 2.45) is 0 Å². The number of rotatable bonds is 2. The van der Waals surface area contributed by atoms with Crippen LogP contribution in [0.1, 0.15) is 23.0 Å². The molecule has 0 bridgehead atoms. The Hall–Kier alpha value is -1.16. The molecule has 0 fully saturated rings. The second-order valence-electron chi connectivity index (χ2n) is 3.49. The predicted molar refractivity (Wildman–Crippen MR) is 63.4 cm³/mol. The molecule has 1 atom stereocenters. The molecule has 1 aromatic heterocycles. The second-order valence-corrected chi connectivity index (χ2v) is 4.86. The molecule has 1 heterocycles. The Morgan fingerprint density at radius 3 is 2.67 bits per heavy atom. The van der Waals surface area contributed by atoms with Crippen molar-refractivity contribution in [1.29, 1.82) is 0 Å². The molecule has 0 spiro atoms. The van der Waals surface area contributed by atoms with E-state index < -0.39 is 0 Å². The quantitative estimate of drug-likeness (QED) is 0.782. The minimum absolute atomic E-state index is 0.232. The zero-order valence-electron chi connectivity index (χ0n) is 8.68. The first-order valence-electron chi connectivity index (χ1n) is 4.81. The van der Waals surface area contributed by atoms with Crippen LogP contribution in [0.3, 0.4) is 0 Å². The number of nitrogens with zero attached hydrogens (tertiary/aromatic N) is 3. The van der Waals surface area contributed by atoms with Crippen molar-refractivity contribution in [2.75, 3.05) is 0 Å². The molecular weight excluding hydrogens is 254 g/mol. The van der Waals surface area contributed by atoms with Crippen LogP contribution in [0.15, 0.2) is 30.5 Å². The van der Waals surface area contributed by atoms with Gasteiger partial charge in [-0.15, -0.1) is 5.10 Å². The number of halogens is 1. The van der Waals surface area contributed by atoms with Crippen LogP contribution in [0.25, 0.3) is 5.69 Å². The number of alkyl halides is 1. The van der Waals surface area contributed by atoms with E-state index in [1.807, 2.05) is 36.0 Å². The lowest BCUT2D eigenvalue weighted by atomic mass is 10.2. The lowest BCUT2D eigenvalue weighted by Gasteiger charge is -2.03. The smallest absolute Gasteiger partial charge is 0.0965 e. The summed E-state index contributed by atoms with van der Waals surface area (Å²) in [4.78, 5) is 0.232. The van der Waals surface area contributed by atoms with Crippen LogP contribution in [0, 0.1) is 6.92 Å². The molecule has 1 unspecified atom stereocenters. The number of hydrogen-bond donors (Lipinski definition) is 0. The number of aryl methyl sites for hydroxylation is 1. The van der Waals surface area contributed by atoms with E-state index in [4.69, 9.17) is 0 Å². The summed E-state index contributed by atoms with van der Waals surface area (Å²) in [5.74, 6) is 0. The van der Waals surface area contributed by atoms with E-state index in [2.05, 4.69) is 39.2 Å². The van der Waals surface area contributed by atoms with Gasteiger partial charge in [0.05, 0.1) is 22.4 Å². The minimum atomic E-state index is 0.232. The van der Waals surface area contributed by atoms with Gasteiger partial charge >= 0.3 is 0 Å². The van der Waals surface area contributed by atoms with Crippen LogP contribution in [0.4, 0.5) is 0 Å².